The van der Waals surface area contributed by atoms with Gasteiger partial charge in [0.1, 0.15) is 0 Å². The molecule has 0 aromatic heterocycles. The molecule has 1 saturated heterocycles. The third kappa shape index (κ3) is 4.42. The first-order valence-corrected chi connectivity index (χ1v) is 9.34. The highest BCUT2D eigenvalue weighted by molar-refractivity contribution is 7.89. The SMILES string of the molecule is CCCCCN1CCN(S(=O)(=O)c2ccc(Cl)cc2)CC1. The summed E-state index contributed by atoms with van der Waals surface area (Å²) in [7, 11) is -3.38. The van der Waals surface area contributed by atoms with Gasteiger partial charge in [0, 0.05) is 31.2 Å². The second-order valence-electron chi connectivity index (χ2n) is 5.41. The number of piperazine rings is 1. The van der Waals surface area contributed by atoms with E-state index in [9.17, 15) is 8.42 Å². The highest BCUT2D eigenvalue weighted by Crippen LogP contribution is 2.19. The van der Waals surface area contributed by atoms with E-state index in [1.165, 1.54) is 19.3 Å². The van der Waals surface area contributed by atoms with Crippen molar-refractivity contribution in [3.8, 4) is 0 Å². The van der Waals surface area contributed by atoms with E-state index in [4.69, 9.17) is 11.6 Å². The Hall–Kier alpha value is -0.620. The zero-order valence-corrected chi connectivity index (χ0v) is 14.0. The number of nitrogens with zero attached hydrogens (tertiary/aromatic N) is 2. The van der Waals surface area contributed by atoms with Gasteiger partial charge in [-0.3, -0.25) is 0 Å². The molecular weight excluding hydrogens is 308 g/mol. The molecule has 2 rings (SSSR count). The van der Waals surface area contributed by atoms with Gasteiger partial charge >= 0.3 is 0 Å². The number of unbranched alkanes of at least 4 members (excludes halogenated alkanes) is 2. The topological polar surface area (TPSA) is 40.6 Å². The zero-order valence-electron chi connectivity index (χ0n) is 12.5. The molecule has 0 atom stereocenters. The monoisotopic (exact) mass is 330 g/mol. The van der Waals surface area contributed by atoms with Gasteiger partial charge in [-0.2, -0.15) is 4.31 Å². The van der Waals surface area contributed by atoms with Crippen molar-refractivity contribution in [3.05, 3.63) is 29.3 Å². The lowest BCUT2D eigenvalue weighted by molar-refractivity contribution is 0.185. The van der Waals surface area contributed by atoms with Crippen LogP contribution in [0.15, 0.2) is 29.2 Å². The number of benzene rings is 1. The minimum Gasteiger partial charge on any atom is -0.301 e. The van der Waals surface area contributed by atoms with Crippen LogP contribution in [0, 0.1) is 0 Å². The average molecular weight is 331 g/mol. The molecule has 1 aliphatic heterocycles. The van der Waals surface area contributed by atoms with E-state index in [0.717, 1.165) is 19.6 Å². The Bertz CT molecular complexity index is 537. The van der Waals surface area contributed by atoms with Crippen molar-refractivity contribution in [1.29, 1.82) is 0 Å². The van der Waals surface area contributed by atoms with Crippen LogP contribution in [0.1, 0.15) is 26.2 Å². The lowest BCUT2D eigenvalue weighted by Crippen LogP contribution is -2.48. The maximum absolute atomic E-state index is 12.5. The predicted molar refractivity (Wildman–Crippen MR) is 86.2 cm³/mol. The largest absolute Gasteiger partial charge is 0.301 e. The summed E-state index contributed by atoms with van der Waals surface area (Å²) in [5.74, 6) is 0. The van der Waals surface area contributed by atoms with E-state index in [0.29, 0.717) is 23.0 Å². The number of sulfonamides is 1. The van der Waals surface area contributed by atoms with E-state index >= 15 is 0 Å². The molecule has 1 aromatic carbocycles. The molecular formula is C15H23ClN2O2S. The fourth-order valence-electron chi connectivity index (χ4n) is 2.53. The standard InChI is InChI=1S/C15H23ClN2O2S/c1-2-3-4-9-17-10-12-18(13-11-17)21(19,20)15-7-5-14(16)6-8-15/h5-8H,2-4,9-13H2,1H3. The minimum atomic E-state index is -3.38. The van der Waals surface area contributed by atoms with Gasteiger partial charge in [-0.25, -0.2) is 8.42 Å². The van der Waals surface area contributed by atoms with Gasteiger partial charge in [0.2, 0.25) is 10.0 Å². The van der Waals surface area contributed by atoms with E-state index in [1.54, 1.807) is 28.6 Å². The fraction of sp³-hybridized carbons (Fsp3) is 0.600. The molecule has 118 valence electrons. The van der Waals surface area contributed by atoms with Crippen LogP contribution in [0.3, 0.4) is 0 Å². The molecule has 0 radical (unpaired) electrons. The predicted octanol–water partition coefficient (Wildman–Crippen LogP) is 2.84. The highest BCUT2D eigenvalue weighted by atomic mass is 35.5. The first-order chi connectivity index (χ1) is 10.0. The van der Waals surface area contributed by atoms with Gasteiger partial charge < -0.3 is 4.90 Å². The summed E-state index contributed by atoms with van der Waals surface area (Å²) in [5.41, 5.74) is 0. The molecule has 0 spiro atoms. The lowest BCUT2D eigenvalue weighted by Gasteiger charge is -2.34. The number of hydrogen-bond acceptors (Lipinski definition) is 3. The maximum atomic E-state index is 12.5. The summed E-state index contributed by atoms with van der Waals surface area (Å²) in [6.45, 7) is 6.03. The number of hydrogen-bond donors (Lipinski definition) is 0. The molecule has 0 saturated carbocycles. The quantitative estimate of drug-likeness (QED) is 0.753. The Labute approximate surface area is 132 Å². The molecule has 4 nitrogen and oxygen atoms in total. The molecule has 0 bridgehead atoms. The molecule has 0 aliphatic carbocycles. The van der Waals surface area contributed by atoms with Crippen LogP contribution in [-0.4, -0.2) is 50.3 Å². The van der Waals surface area contributed by atoms with E-state index in [2.05, 4.69) is 11.8 Å². The smallest absolute Gasteiger partial charge is 0.243 e. The van der Waals surface area contributed by atoms with Crippen LogP contribution < -0.4 is 0 Å². The highest BCUT2D eigenvalue weighted by Gasteiger charge is 2.28. The van der Waals surface area contributed by atoms with Crippen molar-refractivity contribution in [1.82, 2.24) is 9.21 Å². The van der Waals surface area contributed by atoms with Gasteiger partial charge in [-0.1, -0.05) is 31.4 Å². The van der Waals surface area contributed by atoms with Crippen molar-refractivity contribution in [2.24, 2.45) is 0 Å². The summed E-state index contributed by atoms with van der Waals surface area (Å²) < 4.78 is 26.6. The Morgan fingerprint density at radius 2 is 1.67 bits per heavy atom. The second-order valence-corrected chi connectivity index (χ2v) is 7.78. The number of rotatable bonds is 6. The van der Waals surface area contributed by atoms with E-state index in [-0.39, 0.29) is 0 Å². The Morgan fingerprint density at radius 1 is 1.05 bits per heavy atom. The third-order valence-electron chi connectivity index (χ3n) is 3.86. The van der Waals surface area contributed by atoms with Crippen molar-refractivity contribution in [2.45, 2.75) is 31.1 Å². The molecule has 1 fully saturated rings. The molecule has 0 unspecified atom stereocenters. The van der Waals surface area contributed by atoms with E-state index in [1.807, 2.05) is 0 Å². The average Bonchev–Trinajstić information content (AvgIpc) is 2.48. The minimum absolute atomic E-state index is 0.325. The Morgan fingerprint density at radius 3 is 2.24 bits per heavy atom. The summed E-state index contributed by atoms with van der Waals surface area (Å²) in [6.07, 6.45) is 3.65. The van der Waals surface area contributed by atoms with Crippen molar-refractivity contribution >= 4 is 21.6 Å². The van der Waals surface area contributed by atoms with Crippen LogP contribution in [0.4, 0.5) is 0 Å². The van der Waals surface area contributed by atoms with Crippen LogP contribution in [-0.2, 0) is 10.0 Å². The first kappa shape index (κ1) is 16.7. The normalized spacial score (nSPS) is 18.0. The van der Waals surface area contributed by atoms with Crippen molar-refractivity contribution in [3.63, 3.8) is 0 Å². The van der Waals surface area contributed by atoms with Crippen molar-refractivity contribution in [2.75, 3.05) is 32.7 Å². The Kier molecular flexibility index (Phi) is 6.05. The van der Waals surface area contributed by atoms with Gasteiger partial charge in [-0.05, 0) is 37.2 Å². The molecule has 21 heavy (non-hydrogen) atoms. The lowest BCUT2D eigenvalue weighted by atomic mass is 10.2. The van der Waals surface area contributed by atoms with Crippen LogP contribution in [0.25, 0.3) is 0 Å². The summed E-state index contributed by atoms with van der Waals surface area (Å²) in [6, 6.07) is 6.39. The summed E-state index contributed by atoms with van der Waals surface area (Å²) in [4.78, 5) is 2.68. The zero-order chi connectivity index (χ0) is 15.3. The molecule has 1 aromatic rings. The van der Waals surface area contributed by atoms with Crippen molar-refractivity contribution < 1.29 is 8.42 Å². The Balaban J connectivity index is 1.93. The van der Waals surface area contributed by atoms with Crippen LogP contribution in [0.5, 0.6) is 0 Å². The maximum Gasteiger partial charge on any atom is 0.243 e. The summed E-state index contributed by atoms with van der Waals surface area (Å²) in [5, 5.41) is 0.551. The second kappa shape index (κ2) is 7.58. The van der Waals surface area contributed by atoms with Gasteiger partial charge in [-0.15, -0.1) is 0 Å². The van der Waals surface area contributed by atoms with Gasteiger partial charge in [0.25, 0.3) is 0 Å². The molecule has 1 heterocycles. The van der Waals surface area contributed by atoms with Gasteiger partial charge in [0.05, 0.1) is 4.90 Å². The first-order valence-electron chi connectivity index (χ1n) is 7.52. The van der Waals surface area contributed by atoms with Crippen LogP contribution in [0.2, 0.25) is 5.02 Å². The molecule has 0 amide bonds. The molecule has 0 N–H and O–H groups in total. The third-order valence-corrected chi connectivity index (χ3v) is 6.03. The van der Waals surface area contributed by atoms with E-state index < -0.39 is 10.0 Å². The fourth-order valence-corrected chi connectivity index (χ4v) is 4.08. The molecule has 1 aliphatic rings. The van der Waals surface area contributed by atoms with Crippen LogP contribution >= 0.6 is 11.6 Å². The summed E-state index contributed by atoms with van der Waals surface area (Å²) >= 11 is 5.81. The molecule has 6 heteroatoms. The van der Waals surface area contributed by atoms with Gasteiger partial charge in [0.15, 0.2) is 0 Å². The number of halogens is 1.